The molecule has 8 heteroatoms. The van der Waals surface area contributed by atoms with Crippen LogP contribution in [0.2, 0.25) is 0 Å². The number of carboxylic acid groups (broad SMARTS) is 1. The summed E-state index contributed by atoms with van der Waals surface area (Å²) in [6, 6.07) is 8.75. The van der Waals surface area contributed by atoms with Gasteiger partial charge in [0.1, 0.15) is 11.9 Å². The van der Waals surface area contributed by atoms with Gasteiger partial charge >= 0.3 is 5.97 Å². The summed E-state index contributed by atoms with van der Waals surface area (Å²) in [5.41, 5.74) is 1.41. The minimum absolute atomic E-state index is 0.239. The molecule has 1 aliphatic rings. The van der Waals surface area contributed by atoms with Crippen LogP contribution in [0.3, 0.4) is 0 Å². The molecule has 1 aromatic heterocycles. The molecule has 0 aliphatic carbocycles. The Balaban J connectivity index is 1.77. The molecular formula is C19H22FN3O4. The summed E-state index contributed by atoms with van der Waals surface area (Å²) in [5, 5.41) is 9.83. The van der Waals surface area contributed by atoms with Crippen LogP contribution in [0.25, 0.3) is 0 Å². The highest BCUT2D eigenvalue weighted by Crippen LogP contribution is 2.31. The predicted octanol–water partition coefficient (Wildman–Crippen LogP) is 2.19. The van der Waals surface area contributed by atoms with E-state index in [0.29, 0.717) is 37.6 Å². The van der Waals surface area contributed by atoms with Gasteiger partial charge in [-0.2, -0.15) is 4.98 Å². The summed E-state index contributed by atoms with van der Waals surface area (Å²) in [6.45, 7) is 2.37. The van der Waals surface area contributed by atoms with E-state index in [1.165, 1.54) is 26.4 Å². The largest absolute Gasteiger partial charge is 0.481 e. The molecule has 3 rings (SSSR count). The zero-order chi connectivity index (χ0) is 19.4. The summed E-state index contributed by atoms with van der Waals surface area (Å²) >= 11 is 0. The van der Waals surface area contributed by atoms with Gasteiger partial charge in [0.15, 0.2) is 0 Å². The minimum atomic E-state index is -0.963. The fraction of sp³-hybridized carbons (Fsp3) is 0.368. The molecule has 1 aromatic carbocycles. The van der Waals surface area contributed by atoms with Crippen molar-refractivity contribution in [3.8, 4) is 11.8 Å². The van der Waals surface area contributed by atoms with Gasteiger partial charge in [-0.05, 0) is 30.3 Å². The molecule has 1 fully saturated rings. The molecule has 1 N–H and O–H groups in total. The Morgan fingerprint density at radius 3 is 2.30 bits per heavy atom. The second-order valence-electron chi connectivity index (χ2n) is 6.19. The Morgan fingerprint density at radius 2 is 1.74 bits per heavy atom. The van der Waals surface area contributed by atoms with Crippen LogP contribution in [0.5, 0.6) is 11.8 Å². The van der Waals surface area contributed by atoms with Gasteiger partial charge in [0, 0.05) is 43.5 Å². The third kappa shape index (κ3) is 4.11. The third-order valence-electron chi connectivity index (χ3n) is 4.67. The van der Waals surface area contributed by atoms with Crippen molar-refractivity contribution in [1.82, 2.24) is 9.88 Å². The first-order valence-electron chi connectivity index (χ1n) is 8.59. The van der Waals surface area contributed by atoms with E-state index in [4.69, 9.17) is 9.47 Å². The number of nitrogens with zero attached hydrogens (tertiary/aromatic N) is 3. The number of methoxy groups -OCH3 is 2. The predicted molar refractivity (Wildman–Crippen MR) is 97.9 cm³/mol. The van der Waals surface area contributed by atoms with Crippen molar-refractivity contribution >= 4 is 11.7 Å². The molecule has 0 spiro atoms. The number of carboxylic acids is 1. The van der Waals surface area contributed by atoms with Crippen LogP contribution in [0, 0.1) is 5.82 Å². The number of aromatic nitrogens is 1. The Labute approximate surface area is 156 Å². The molecule has 2 heterocycles. The standard InChI is InChI=1S/C19H22FN3O4/c1-26-16-8-7-15(18(21-16)27-2)17(19(24)25)23-11-9-22(10-12-23)14-5-3-13(20)4-6-14/h3-8,17H,9-12H2,1-2H3,(H,24,25). The monoisotopic (exact) mass is 375 g/mol. The lowest BCUT2D eigenvalue weighted by Gasteiger charge is -2.39. The molecule has 27 heavy (non-hydrogen) atoms. The maximum Gasteiger partial charge on any atom is 0.325 e. The highest BCUT2D eigenvalue weighted by atomic mass is 19.1. The highest BCUT2D eigenvalue weighted by Gasteiger charge is 2.33. The molecular weight excluding hydrogens is 353 g/mol. The average molecular weight is 375 g/mol. The second-order valence-corrected chi connectivity index (χ2v) is 6.19. The van der Waals surface area contributed by atoms with Crippen molar-refractivity contribution < 1.29 is 23.8 Å². The van der Waals surface area contributed by atoms with E-state index in [0.717, 1.165) is 5.69 Å². The van der Waals surface area contributed by atoms with Crippen LogP contribution in [-0.2, 0) is 4.79 Å². The van der Waals surface area contributed by atoms with Crippen LogP contribution in [-0.4, -0.2) is 61.4 Å². The van der Waals surface area contributed by atoms with Gasteiger partial charge in [0.2, 0.25) is 11.8 Å². The molecule has 144 valence electrons. The van der Waals surface area contributed by atoms with Gasteiger partial charge in [0.05, 0.1) is 14.2 Å². The van der Waals surface area contributed by atoms with Crippen LogP contribution in [0.1, 0.15) is 11.6 Å². The number of benzene rings is 1. The lowest BCUT2D eigenvalue weighted by Crippen LogP contribution is -2.49. The Morgan fingerprint density at radius 1 is 1.07 bits per heavy atom. The van der Waals surface area contributed by atoms with Crippen LogP contribution in [0.15, 0.2) is 36.4 Å². The summed E-state index contributed by atoms with van der Waals surface area (Å²) < 4.78 is 23.5. The Bertz CT molecular complexity index is 792. The molecule has 1 unspecified atom stereocenters. The Hall–Kier alpha value is -2.87. The highest BCUT2D eigenvalue weighted by molar-refractivity contribution is 5.76. The molecule has 0 saturated carbocycles. The maximum atomic E-state index is 13.1. The van der Waals surface area contributed by atoms with E-state index in [9.17, 15) is 14.3 Å². The smallest absolute Gasteiger partial charge is 0.325 e. The van der Waals surface area contributed by atoms with Gasteiger partial charge in [-0.15, -0.1) is 0 Å². The van der Waals surface area contributed by atoms with Crippen molar-refractivity contribution in [2.45, 2.75) is 6.04 Å². The zero-order valence-corrected chi connectivity index (χ0v) is 15.3. The number of anilines is 1. The number of pyridine rings is 1. The van der Waals surface area contributed by atoms with Crippen molar-refractivity contribution in [3.63, 3.8) is 0 Å². The lowest BCUT2D eigenvalue weighted by atomic mass is 10.1. The first-order valence-corrected chi connectivity index (χ1v) is 8.59. The average Bonchev–Trinajstić information content (AvgIpc) is 2.69. The van der Waals surface area contributed by atoms with Crippen molar-refractivity contribution in [2.75, 3.05) is 45.3 Å². The first-order chi connectivity index (χ1) is 13.0. The topological polar surface area (TPSA) is 75.1 Å². The number of aliphatic carboxylic acids is 1. The van der Waals surface area contributed by atoms with Crippen molar-refractivity contribution in [1.29, 1.82) is 0 Å². The van der Waals surface area contributed by atoms with E-state index in [1.807, 2.05) is 4.90 Å². The molecule has 2 aromatic rings. The number of halogens is 1. The normalized spacial score (nSPS) is 16.0. The quantitative estimate of drug-likeness (QED) is 0.829. The number of hydrogen-bond acceptors (Lipinski definition) is 6. The lowest BCUT2D eigenvalue weighted by molar-refractivity contribution is -0.143. The summed E-state index contributed by atoms with van der Waals surface area (Å²) in [6.07, 6.45) is 0. The van der Waals surface area contributed by atoms with Crippen molar-refractivity contribution in [3.05, 3.63) is 47.8 Å². The summed E-state index contributed by atoms with van der Waals surface area (Å²) in [5.74, 6) is -0.637. The summed E-state index contributed by atoms with van der Waals surface area (Å²) in [7, 11) is 2.95. The molecule has 1 atom stereocenters. The molecule has 1 saturated heterocycles. The number of rotatable bonds is 6. The maximum absolute atomic E-state index is 13.1. The van der Waals surface area contributed by atoms with Gasteiger partial charge in [-0.25, -0.2) is 4.39 Å². The van der Waals surface area contributed by atoms with E-state index < -0.39 is 12.0 Å². The van der Waals surface area contributed by atoms with Gasteiger partial charge in [0.25, 0.3) is 0 Å². The number of piperazine rings is 1. The van der Waals surface area contributed by atoms with E-state index >= 15 is 0 Å². The van der Waals surface area contributed by atoms with Gasteiger partial charge in [-0.3, -0.25) is 9.69 Å². The summed E-state index contributed by atoms with van der Waals surface area (Å²) in [4.78, 5) is 20.2. The third-order valence-corrected chi connectivity index (χ3v) is 4.67. The van der Waals surface area contributed by atoms with Gasteiger partial charge < -0.3 is 19.5 Å². The number of carbonyl (C=O) groups is 1. The minimum Gasteiger partial charge on any atom is -0.481 e. The number of ether oxygens (including phenoxy) is 2. The SMILES string of the molecule is COc1ccc(C(C(=O)O)N2CCN(c3ccc(F)cc3)CC2)c(OC)n1. The second kappa shape index (κ2) is 8.22. The van der Waals surface area contributed by atoms with Crippen LogP contribution >= 0.6 is 0 Å². The first kappa shape index (κ1) is 18.9. The zero-order valence-electron chi connectivity index (χ0n) is 15.3. The molecule has 7 nitrogen and oxygen atoms in total. The Kier molecular flexibility index (Phi) is 5.75. The van der Waals surface area contributed by atoms with Crippen LogP contribution < -0.4 is 14.4 Å². The molecule has 1 aliphatic heterocycles. The molecule has 0 bridgehead atoms. The molecule has 0 radical (unpaired) electrons. The van der Waals surface area contributed by atoms with Crippen molar-refractivity contribution in [2.24, 2.45) is 0 Å². The number of hydrogen-bond donors (Lipinski definition) is 1. The van der Waals surface area contributed by atoms with E-state index in [1.54, 1.807) is 24.3 Å². The molecule has 0 amide bonds. The van der Waals surface area contributed by atoms with E-state index in [-0.39, 0.29) is 11.7 Å². The van der Waals surface area contributed by atoms with E-state index in [2.05, 4.69) is 9.88 Å². The fourth-order valence-electron chi connectivity index (χ4n) is 3.30. The van der Waals surface area contributed by atoms with Gasteiger partial charge in [-0.1, -0.05) is 0 Å². The fourth-order valence-corrected chi connectivity index (χ4v) is 3.30. The van der Waals surface area contributed by atoms with Crippen LogP contribution in [0.4, 0.5) is 10.1 Å².